The zero-order chi connectivity index (χ0) is 18.2. The van der Waals surface area contributed by atoms with Crippen LogP contribution in [-0.2, 0) is 6.54 Å². The zero-order valence-electron chi connectivity index (χ0n) is 16.2. The maximum Gasteiger partial charge on any atom is 0.177 e. The van der Waals surface area contributed by atoms with E-state index in [4.69, 9.17) is 0 Å². The summed E-state index contributed by atoms with van der Waals surface area (Å²) in [6, 6.07) is 3.35. The lowest BCUT2D eigenvalue weighted by molar-refractivity contribution is -0.697. The third kappa shape index (κ3) is 11.7. The van der Waals surface area contributed by atoms with Gasteiger partial charge in [0.1, 0.15) is 6.54 Å². The predicted octanol–water partition coefficient (Wildman–Crippen LogP) is 4.82. The van der Waals surface area contributed by atoms with Crippen LogP contribution in [0.25, 0.3) is 0 Å². The van der Waals surface area contributed by atoms with Crippen LogP contribution >= 0.6 is 0 Å². The first-order valence-electron chi connectivity index (χ1n) is 10.4. The normalized spacial score (nSPS) is 10.9. The average Bonchev–Trinajstić information content (AvgIpc) is 2.62. The van der Waals surface area contributed by atoms with Gasteiger partial charge in [-0.15, -0.1) is 0 Å². The maximum atomic E-state index is 10.8. The molecule has 0 saturated heterocycles. The average molecular weight is 348 g/mol. The lowest BCUT2D eigenvalue weighted by atomic mass is 10.0. The van der Waals surface area contributed by atoms with Crippen molar-refractivity contribution in [1.82, 2.24) is 0 Å². The molecule has 1 rings (SSSR count). The van der Waals surface area contributed by atoms with Crippen molar-refractivity contribution in [3.63, 3.8) is 0 Å². The number of carboxylic acids is 1. The first-order valence-corrected chi connectivity index (χ1v) is 10.4. The van der Waals surface area contributed by atoms with Gasteiger partial charge in [-0.25, -0.2) is 4.57 Å². The Balaban J connectivity index is 1.87. The summed E-state index contributed by atoms with van der Waals surface area (Å²) in [6.07, 6.45) is 22.6. The molecule has 0 aliphatic rings. The quantitative estimate of drug-likeness (QED) is 0.318. The highest BCUT2D eigenvalue weighted by Crippen LogP contribution is 2.12. The van der Waals surface area contributed by atoms with Gasteiger partial charge in [0.25, 0.3) is 0 Å². The number of nitrogens with zero attached hydrogens (tertiary/aromatic N) is 1. The molecule has 3 heteroatoms. The van der Waals surface area contributed by atoms with E-state index in [0.29, 0.717) is 0 Å². The van der Waals surface area contributed by atoms with Gasteiger partial charge in [0, 0.05) is 12.5 Å². The second-order valence-electron chi connectivity index (χ2n) is 7.21. The lowest BCUT2D eigenvalue weighted by Gasteiger charge is -2.03. The van der Waals surface area contributed by atoms with Crippen LogP contribution in [0.15, 0.2) is 24.5 Å². The van der Waals surface area contributed by atoms with Gasteiger partial charge in [0.15, 0.2) is 12.4 Å². The van der Waals surface area contributed by atoms with Gasteiger partial charge < -0.3 is 9.90 Å². The van der Waals surface area contributed by atoms with E-state index in [2.05, 4.69) is 6.92 Å². The van der Waals surface area contributed by atoms with E-state index in [1.807, 2.05) is 10.8 Å². The number of carbonyl (C=O) groups is 1. The van der Waals surface area contributed by atoms with Crippen molar-refractivity contribution >= 4 is 5.97 Å². The van der Waals surface area contributed by atoms with E-state index < -0.39 is 5.97 Å². The minimum Gasteiger partial charge on any atom is -0.545 e. The number of carbonyl (C=O) groups excluding carboxylic acids is 1. The van der Waals surface area contributed by atoms with Gasteiger partial charge in [-0.2, -0.15) is 0 Å². The Morgan fingerprint density at radius 3 is 1.80 bits per heavy atom. The molecule has 3 nitrogen and oxygen atoms in total. The summed E-state index contributed by atoms with van der Waals surface area (Å²) >= 11 is 0. The van der Waals surface area contributed by atoms with Crippen LogP contribution < -0.4 is 9.67 Å². The number of aromatic nitrogens is 1. The van der Waals surface area contributed by atoms with Gasteiger partial charge in [-0.05, 0) is 12.5 Å². The standard InChI is InChI=1S/C22H37NO2/c1-2-3-4-5-6-7-8-9-10-11-12-13-14-15-18-23-19-16-17-21(20-23)22(24)25/h16-17,19-20H,2-15,18H2,1H3. The van der Waals surface area contributed by atoms with Crippen molar-refractivity contribution in [3.8, 4) is 0 Å². The number of aryl methyl sites for hydroxylation is 1. The molecule has 0 N–H and O–H groups in total. The lowest BCUT2D eigenvalue weighted by Crippen LogP contribution is -2.35. The highest BCUT2D eigenvalue weighted by Gasteiger charge is 2.03. The summed E-state index contributed by atoms with van der Waals surface area (Å²) in [5.74, 6) is -1.10. The maximum absolute atomic E-state index is 10.8. The largest absolute Gasteiger partial charge is 0.545 e. The fraction of sp³-hybridized carbons (Fsp3) is 0.727. The SMILES string of the molecule is CCCCCCCCCCCCCCCC[n+]1cccc(C(=O)[O-])c1. The van der Waals surface area contributed by atoms with Gasteiger partial charge in [-0.1, -0.05) is 84.0 Å². The van der Waals surface area contributed by atoms with Crippen molar-refractivity contribution in [2.75, 3.05) is 0 Å². The number of unbranched alkanes of at least 4 members (excludes halogenated alkanes) is 13. The van der Waals surface area contributed by atoms with Gasteiger partial charge in [0.2, 0.25) is 0 Å². The molecule has 0 fully saturated rings. The van der Waals surface area contributed by atoms with E-state index in [-0.39, 0.29) is 5.56 Å². The van der Waals surface area contributed by atoms with Crippen LogP contribution in [0.3, 0.4) is 0 Å². The van der Waals surface area contributed by atoms with Crippen LogP contribution in [0.4, 0.5) is 0 Å². The molecule has 0 saturated carbocycles. The molecule has 142 valence electrons. The summed E-state index contributed by atoms with van der Waals surface area (Å²) in [7, 11) is 0. The Morgan fingerprint density at radius 2 is 1.32 bits per heavy atom. The smallest absolute Gasteiger partial charge is 0.177 e. The minimum atomic E-state index is -1.10. The van der Waals surface area contributed by atoms with E-state index >= 15 is 0 Å². The van der Waals surface area contributed by atoms with Gasteiger partial charge >= 0.3 is 0 Å². The topological polar surface area (TPSA) is 44.0 Å². The summed E-state index contributed by atoms with van der Waals surface area (Å²) in [5, 5.41) is 10.8. The molecule has 0 unspecified atom stereocenters. The van der Waals surface area contributed by atoms with Crippen molar-refractivity contribution in [2.45, 2.75) is 103 Å². The Hall–Kier alpha value is -1.38. The highest BCUT2D eigenvalue weighted by atomic mass is 16.4. The van der Waals surface area contributed by atoms with Crippen LogP contribution in [0, 0.1) is 0 Å². The fourth-order valence-corrected chi connectivity index (χ4v) is 3.27. The molecule has 25 heavy (non-hydrogen) atoms. The molecule has 1 aromatic heterocycles. The highest BCUT2D eigenvalue weighted by molar-refractivity contribution is 5.84. The van der Waals surface area contributed by atoms with Crippen LogP contribution in [0.2, 0.25) is 0 Å². The Labute approximate surface area is 154 Å². The third-order valence-electron chi connectivity index (χ3n) is 4.86. The monoisotopic (exact) mass is 347 g/mol. The Morgan fingerprint density at radius 1 is 0.840 bits per heavy atom. The molecular weight excluding hydrogens is 310 g/mol. The number of hydrogen-bond donors (Lipinski definition) is 0. The van der Waals surface area contributed by atoms with Crippen LogP contribution in [0.1, 0.15) is 107 Å². The Kier molecular flexibility index (Phi) is 12.9. The summed E-state index contributed by atoms with van der Waals surface area (Å²) < 4.78 is 1.95. The van der Waals surface area contributed by atoms with Crippen molar-refractivity contribution < 1.29 is 14.5 Å². The molecule has 0 aliphatic carbocycles. The van der Waals surface area contributed by atoms with Crippen LogP contribution in [-0.4, -0.2) is 5.97 Å². The first-order chi connectivity index (χ1) is 12.2. The van der Waals surface area contributed by atoms with E-state index in [0.717, 1.165) is 13.0 Å². The van der Waals surface area contributed by atoms with E-state index in [1.165, 1.54) is 83.5 Å². The molecule has 1 heterocycles. The van der Waals surface area contributed by atoms with Crippen molar-refractivity contribution in [2.24, 2.45) is 0 Å². The molecule has 0 aliphatic heterocycles. The van der Waals surface area contributed by atoms with E-state index in [1.54, 1.807) is 18.3 Å². The molecule has 0 spiro atoms. The zero-order valence-corrected chi connectivity index (χ0v) is 16.2. The molecule has 0 atom stereocenters. The van der Waals surface area contributed by atoms with Crippen molar-refractivity contribution in [3.05, 3.63) is 30.1 Å². The molecule has 1 aromatic rings. The number of pyridine rings is 1. The summed E-state index contributed by atoms with van der Waals surface area (Å²) in [5.41, 5.74) is 0.257. The number of aromatic carboxylic acids is 1. The van der Waals surface area contributed by atoms with Gasteiger partial charge in [-0.3, -0.25) is 0 Å². The number of rotatable bonds is 16. The molecule has 0 aromatic carbocycles. The molecule has 0 bridgehead atoms. The first kappa shape index (κ1) is 21.7. The third-order valence-corrected chi connectivity index (χ3v) is 4.86. The Bertz CT molecular complexity index is 459. The number of hydrogen-bond acceptors (Lipinski definition) is 2. The second-order valence-corrected chi connectivity index (χ2v) is 7.21. The van der Waals surface area contributed by atoms with Crippen molar-refractivity contribution in [1.29, 1.82) is 0 Å². The predicted molar refractivity (Wildman–Crippen MR) is 101 cm³/mol. The number of carboxylic acid groups (broad SMARTS) is 1. The van der Waals surface area contributed by atoms with Crippen LogP contribution in [0.5, 0.6) is 0 Å². The summed E-state index contributed by atoms with van der Waals surface area (Å²) in [6.45, 7) is 3.16. The molecule has 0 amide bonds. The van der Waals surface area contributed by atoms with Gasteiger partial charge in [0.05, 0.1) is 11.5 Å². The molecule has 0 radical (unpaired) electrons. The summed E-state index contributed by atoms with van der Waals surface area (Å²) in [4.78, 5) is 10.8. The minimum absolute atomic E-state index is 0.257. The van der Waals surface area contributed by atoms with E-state index in [9.17, 15) is 9.90 Å². The molecular formula is C22H37NO2. The fourth-order valence-electron chi connectivity index (χ4n) is 3.27. The second kappa shape index (κ2) is 14.9.